The number of piperidine rings is 1. The van der Waals surface area contributed by atoms with Crippen LogP contribution in [0.25, 0.3) is 11.4 Å². The molecule has 2 aliphatic rings. The van der Waals surface area contributed by atoms with Gasteiger partial charge in [0.1, 0.15) is 0 Å². The first-order valence-electron chi connectivity index (χ1n) is 9.49. The van der Waals surface area contributed by atoms with Gasteiger partial charge in [-0.1, -0.05) is 48.3 Å². The third-order valence-electron chi connectivity index (χ3n) is 5.62. The maximum atomic E-state index is 12.7. The molecule has 1 amide bonds. The Labute approximate surface area is 148 Å². The van der Waals surface area contributed by atoms with Gasteiger partial charge in [-0.25, -0.2) is 0 Å². The zero-order valence-corrected chi connectivity index (χ0v) is 14.6. The Kier molecular flexibility index (Phi) is 4.81. The number of nitrogens with zero attached hydrogens (tertiary/aromatic N) is 3. The Bertz CT molecular complexity index is 711. The summed E-state index contributed by atoms with van der Waals surface area (Å²) in [4.78, 5) is 19.3. The number of hydrogen-bond donors (Lipinski definition) is 0. The van der Waals surface area contributed by atoms with Gasteiger partial charge in [-0.15, -0.1) is 0 Å². The van der Waals surface area contributed by atoms with E-state index in [0.29, 0.717) is 30.6 Å². The van der Waals surface area contributed by atoms with Crippen LogP contribution < -0.4 is 0 Å². The maximum Gasteiger partial charge on any atom is 0.227 e. The molecule has 5 heteroatoms. The van der Waals surface area contributed by atoms with Crippen LogP contribution in [0, 0.1) is 5.92 Å². The quantitative estimate of drug-likeness (QED) is 0.849. The van der Waals surface area contributed by atoms with Crippen LogP contribution in [0.2, 0.25) is 0 Å². The van der Waals surface area contributed by atoms with Gasteiger partial charge in [0.05, 0.1) is 0 Å². The zero-order chi connectivity index (χ0) is 17.1. The Morgan fingerprint density at radius 2 is 1.92 bits per heavy atom. The van der Waals surface area contributed by atoms with Crippen molar-refractivity contribution in [2.45, 2.75) is 57.4 Å². The van der Waals surface area contributed by atoms with Crippen molar-refractivity contribution in [3.63, 3.8) is 0 Å². The van der Waals surface area contributed by atoms with E-state index in [9.17, 15) is 4.79 Å². The van der Waals surface area contributed by atoms with E-state index in [1.807, 2.05) is 30.3 Å². The Morgan fingerprint density at radius 1 is 1.12 bits per heavy atom. The molecule has 1 aliphatic heterocycles. The van der Waals surface area contributed by atoms with Crippen molar-refractivity contribution in [1.82, 2.24) is 15.0 Å². The maximum absolute atomic E-state index is 12.7. The summed E-state index contributed by atoms with van der Waals surface area (Å²) >= 11 is 0. The van der Waals surface area contributed by atoms with Gasteiger partial charge in [0.25, 0.3) is 0 Å². The lowest BCUT2D eigenvalue weighted by Crippen LogP contribution is -2.49. The molecule has 0 bridgehead atoms. The molecule has 2 aromatic rings. The molecule has 2 heterocycles. The summed E-state index contributed by atoms with van der Waals surface area (Å²) in [7, 11) is 0. The smallest absolute Gasteiger partial charge is 0.227 e. The summed E-state index contributed by atoms with van der Waals surface area (Å²) in [6, 6.07) is 10.2. The second-order valence-electron chi connectivity index (χ2n) is 7.22. The minimum Gasteiger partial charge on any atom is -0.339 e. The SMILES string of the molecule is O=C(CCc1nc(-c2ccccc2)no1)N1CCC[C@H]2CCCC[C@@H]21. The topological polar surface area (TPSA) is 59.2 Å². The van der Waals surface area contributed by atoms with Crippen LogP contribution in [0.4, 0.5) is 0 Å². The molecule has 0 radical (unpaired) electrons. The highest BCUT2D eigenvalue weighted by Gasteiger charge is 2.35. The Morgan fingerprint density at radius 3 is 2.80 bits per heavy atom. The lowest BCUT2D eigenvalue weighted by atomic mass is 9.78. The van der Waals surface area contributed by atoms with Crippen molar-refractivity contribution < 1.29 is 9.32 Å². The molecule has 132 valence electrons. The highest BCUT2D eigenvalue weighted by molar-refractivity contribution is 5.76. The summed E-state index contributed by atoms with van der Waals surface area (Å²) in [6.45, 7) is 0.916. The number of rotatable bonds is 4. The predicted octanol–water partition coefficient (Wildman–Crippen LogP) is 3.85. The van der Waals surface area contributed by atoms with Gasteiger partial charge in [-0.2, -0.15) is 4.98 Å². The van der Waals surface area contributed by atoms with Crippen molar-refractivity contribution in [3.05, 3.63) is 36.2 Å². The van der Waals surface area contributed by atoms with E-state index < -0.39 is 0 Å². The first kappa shape index (κ1) is 16.3. The molecule has 1 aromatic heterocycles. The van der Waals surface area contributed by atoms with E-state index in [4.69, 9.17) is 4.52 Å². The molecule has 4 rings (SSSR count). The average molecular weight is 339 g/mol. The number of carbonyl (C=O) groups excluding carboxylic acids is 1. The van der Waals surface area contributed by atoms with Gasteiger partial charge in [0.2, 0.25) is 17.6 Å². The molecule has 1 saturated carbocycles. The Balaban J connectivity index is 1.36. The zero-order valence-electron chi connectivity index (χ0n) is 14.6. The Hall–Kier alpha value is -2.17. The third kappa shape index (κ3) is 3.60. The van der Waals surface area contributed by atoms with Crippen molar-refractivity contribution in [2.75, 3.05) is 6.54 Å². The first-order chi connectivity index (χ1) is 12.3. The van der Waals surface area contributed by atoms with Crippen LogP contribution in [0.1, 0.15) is 50.8 Å². The molecule has 1 aromatic carbocycles. The molecule has 0 unspecified atom stereocenters. The minimum absolute atomic E-state index is 0.246. The normalized spacial score (nSPS) is 23.3. The number of hydrogen-bond acceptors (Lipinski definition) is 4. The van der Waals surface area contributed by atoms with E-state index in [-0.39, 0.29) is 5.91 Å². The number of fused-ring (bicyclic) bond motifs is 1. The summed E-state index contributed by atoms with van der Waals surface area (Å²) in [5.74, 6) is 2.10. The van der Waals surface area contributed by atoms with Crippen LogP contribution in [-0.2, 0) is 11.2 Å². The molecule has 1 saturated heterocycles. The van der Waals surface area contributed by atoms with Crippen molar-refractivity contribution in [2.24, 2.45) is 5.92 Å². The van der Waals surface area contributed by atoms with E-state index in [2.05, 4.69) is 15.0 Å². The van der Waals surface area contributed by atoms with E-state index in [0.717, 1.165) is 24.4 Å². The molecule has 2 atom stereocenters. The highest BCUT2D eigenvalue weighted by atomic mass is 16.5. The van der Waals surface area contributed by atoms with Gasteiger partial charge >= 0.3 is 0 Å². The first-order valence-corrected chi connectivity index (χ1v) is 9.49. The number of carbonyl (C=O) groups is 1. The highest BCUT2D eigenvalue weighted by Crippen LogP contribution is 2.35. The third-order valence-corrected chi connectivity index (χ3v) is 5.62. The summed E-state index contributed by atoms with van der Waals surface area (Å²) in [6.07, 6.45) is 8.46. The lowest BCUT2D eigenvalue weighted by molar-refractivity contribution is -0.137. The standard InChI is InChI=1S/C20H25N3O2/c24-19(23-14-6-10-15-7-4-5-11-17(15)23)13-12-18-21-20(22-25-18)16-8-2-1-3-9-16/h1-3,8-9,15,17H,4-7,10-14H2/t15-,17+/m1/s1. The lowest BCUT2D eigenvalue weighted by Gasteiger charge is -2.44. The number of aryl methyl sites for hydroxylation is 1. The van der Waals surface area contributed by atoms with Crippen molar-refractivity contribution in [3.8, 4) is 11.4 Å². The van der Waals surface area contributed by atoms with Crippen LogP contribution in [0.15, 0.2) is 34.9 Å². The molecule has 1 aliphatic carbocycles. The van der Waals surface area contributed by atoms with E-state index >= 15 is 0 Å². The predicted molar refractivity (Wildman–Crippen MR) is 94.7 cm³/mol. The van der Waals surface area contributed by atoms with Gasteiger partial charge in [0.15, 0.2) is 0 Å². The summed E-state index contributed by atoms with van der Waals surface area (Å²) < 4.78 is 5.33. The number of benzene rings is 1. The second kappa shape index (κ2) is 7.38. The van der Waals surface area contributed by atoms with Gasteiger partial charge in [-0.05, 0) is 31.6 Å². The van der Waals surface area contributed by atoms with Crippen LogP contribution in [0.3, 0.4) is 0 Å². The number of amides is 1. The number of likely N-dealkylation sites (tertiary alicyclic amines) is 1. The van der Waals surface area contributed by atoms with Gasteiger partial charge in [0, 0.05) is 31.0 Å². The van der Waals surface area contributed by atoms with Crippen LogP contribution >= 0.6 is 0 Å². The van der Waals surface area contributed by atoms with E-state index in [1.165, 1.54) is 32.1 Å². The second-order valence-corrected chi connectivity index (χ2v) is 7.22. The van der Waals surface area contributed by atoms with E-state index in [1.54, 1.807) is 0 Å². The molecule has 25 heavy (non-hydrogen) atoms. The summed E-state index contributed by atoms with van der Waals surface area (Å²) in [5.41, 5.74) is 0.935. The summed E-state index contributed by atoms with van der Waals surface area (Å²) in [5, 5.41) is 4.03. The monoisotopic (exact) mass is 339 g/mol. The molecular formula is C20H25N3O2. The molecular weight excluding hydrogens is 314 g/mol. The van der Waals surface area contributed by atoms with Gasteiger partial charge in [-0.3, -0.25) is 4.79 Å². The van der Waals surface area contributed by atoms with Crippen molar-refractivity contribution in [1.29, 1.82) is 0 Å². The fraction of sp³-hybridized carbons (Fsp3) is 0.550. The van der Waals surface area contributed by atoms with Crippen molar-refractivity contribution >= 4 is 5.91 Å². The molecule has 5 nitrogen and oxygen atoms in total. The fourth-order valence-corrected chi connectivity index (χ4v) is 4.35. The minimum atomic E-state index is 0.246. The molecule has 2 fully saturated rings. The average Bonchev–Trinajstić information content (AvgIpc) is 3.15. The number of aromatic nitrogens is 2. The molecule has 0 spiro atoms. The molecule has 0 N–H and O–H groups in total. The van der Waals surface area contributed by atoms with Crippen LogP contribution in [-0.4, -0.2) is 33.5 Å². The van der Waals surface area contributed by atoms with Crippen LogP contribution in [0.5, 0.6) is 0 Å². The van der Waals surface area contributed by atoms with Gasteiger partial charge < -0.3 is 9.42 Å². The fourth-order valence-electron chi connectivity index (χ4n) is 4.35. The largest absolute Gasteiger partial charge is 0.339 e.